The third-order valence-corrected chi connectivity index (χ3v) is 6.25. The molecule has 0 aliphatic heterocycles. The first-order chi connectivity index (χ1) is 21.1. The first-order valence-electron chi connectivity index (χ1n) is 14.3. The van der Waals surface area contributed by atoms with Gasteiger partial charge in [-0.3, -0.25) is 14.5 Å². The third kappa shape index (κ3) is 9.30. The van der Waals surface area contributed by atoms with Gasteiger partial charge in [0.05, 0.1) is 18.7 Å². The Bertz CT molecular complexity index is 1760. The van der Waals surface area contributed by atoms with Gasteiger partial charge in [0.1, 0.15) is 28.5 Å². The summed E-state index contributed by atoms with van der Waals surface area (Å²) in [6.45, 7) is 10.2. The standard InChI is InChI=1S/C33H35F2N5O5/c1-7-44-31(42)37-30-39-38-27-11-8-21(19-40(27)30)26-10-9-25(12-13-33(5,6)43)36-29(26)22(17-28(41)45-32(2,3)4)14-20-15-23(34)18-24(35)16-20/h8-11,15-16,18-19,22,43H,7,14,17H2,1-6H3,(H,37,39,42)/t22-/m1/s1. The van der Waals surface area contributed by atoms with Crippen molar-refractivity contribution >= 4 is 23.7 Å². The Morgan fingerprint density at radius 2 is 1.76 bits per heavy atom. The van der Waals surface area contributed by atoms with Crippen molar-refractivity contribution in [3.63, 3.8) is 0 Å². The minimum Gasteiger partial charge on any atom is -0.460 e. The van der Waals surface area contributed by atoms with Gasteiger partial charge >= 0.3 is 12.1 Å². The molecule has 0 saturated heterocycles. The van der Waals surface area contributed by atoms with Crippen molar-refractivity contribution in [3.05, 3.63) is 77.2 Å². The number of benzene rings is 1. The van der Waals surface area contributed by atoms with Gasteiger partial charge in [-0.2, -0.15) is 0 Å². The maximum absolute atomic E-state index is 14.2. The number of halogens is 2. The van der Waals surface area contributed by atoms with E-state index in [9.17, 15) is 23.5 Å². The minimum absolute atomic E-state index is 0.0425. The lowest BCUT2D eigenvalue weighted by molar-refractivity contribution is -0.155. The van der Waals surface area contributed by atoms with Gasteiger partial charge in [-0.1, -0.05) is 5.92 Å². The third-order valence-electron chi connectivity index (χ3n) is 6.25. The van der Waals surface area contributed by atoms with E-state index >= 15 is 0 Å². The average Bonchev–Trinajstić information content (AvgIpc) is 3.31. The number of amides is 1. The van der Waals surface area contributed by atoms with E-state index in [-0.39, 0.29) is 25.4 Å². The quantitative estimate of drug-likeness (QED) is 0.187. The van der Waals surface area contributed by atoms with Crippen molar-refractivity contribution in [3.8, 4) is 23.0 Å². The Hall–Kier alpha value is -4.89. The van der Waals surface area contributed by atoms with Gasteiger partial charge < -0.3 is 14.6 Å². The fraction of sp³-hybridized carbons (Fsp3) is 0.364. The van der Waals surface area contributed by atoms with Crippen LogP contribution in [-0.4, -0.2) is 54.6 Å². The molecule has 0 bridgehead atoms. The molecule has 0 unspecified atom stereocenters. The smallest absolute Gasteiger partial charge is 0.414 e. The normalized spacial score (nSPS) is 12.3. The van der Waals surface area contributed by atoms with Gasteiger partial charge in [0.2, 0.25) is 5.95 Å². The van der Waals surface area contributed by atoms with E-state index in [1.54, 1.807) is 62.6 Å². The highest BCUT2D eigenvalue weighted by Gasteiger charge is 2.26. The molecule has 4 aromatic rings. The molecule has 0 fully saturated rings. The van der Waals surface area contributed by atoms with Crippen LogP contribution in [0, 0.1) is 23.5 Å². The lowest BCUT2D eigenvalue weighted by atomic mass is 9.88. The zero-order chi connectivity index (χ0) is 32.9. The van der Waals surface area contributed by atoms with Crippen LogP contribution in [0.1, 0.15) is 70.8 Å². The molecule has 1 aromatic carbocycles. The number of nitrogens with zero attached hydrogens (tertiary/aromatic N) is 4. The molecule has 236 valence electrons. The maximum Gasteiger partial charge on any atom is 0.414 e. The molecule has 0 aliphatic rings. The predicted molar refractivity (Wildman–Crippen MR) is 163 cm³/mol. The highest BCUT2D eigenvalue weighted by Crippen LogP contribution is 2.34. The number of ether oxygens (including phenoxy) is 2. The van der Waals surface area contributed by atoms with Gasteiger partial charge in [0.25, 0.3) is 0 Å². The summed E-state index contributed by atoms with van der Waals surface area (Å²) in [6.07, 6.45) is 0.865. The Kier molecular flexibility index (Phi) is 9.83. The van der Waals surface area contributed by atoms with Crippen molar-refractivity contribution in [1.29, 1.82) is 0 Å². The number of carbonyl (C=O) groups is 2. The van der Waals surface area contributed by atoms with E-state index in [1.165, 1.54) is 26.0 Å². The number of esters is 1. The number of pyridine rings is 2. The molecule has 1 atom stereocenters. The summed E-state index contributed by atoms with van der Waals surface area (Å²) < 4.78 is 40.6. The van der Waals surface area contributed by atoms with E-state index in [0.717, 1.165) is 6.07 Å². The molecular weight excluding hydrogens is 584 g/mol. The van der Waals surface area contributed by atoms with Crippen molar-refractivity contribution in [2.45, 2.75) is 71.5 Å². The molecule has 2 N–H and O–H groups in total. The zero-order valence-corrected chi connectivity index (χ0v) is 25.9. The Balaban J connectivity index is 1.89. The molecule has 12 heteroatoms. The molecule has 3 aromatic heterocycles. The van der Waals surface area contributed by atoms with E-state index in [0.29, 0.717) is 33.7 Å². The fourth-order valence-corrected chi connectivity index (χ4v) is 4.57. The number of anilines is 1. The Morgan fingerprint density at radius 1 is 1.04 bits per heavy atom. The molecule has 0 saturated carbocycles. The largest absolute Gasteiger partial charge is 0.460 e. The highest BCUT2D eigenvalue weighted by atomic mass is 19.1. The van der Waals surface area contributed by atoms with Crippen LogP contribution in [-0.2, 0) is 20.7 Å². The van der Waals surface area contributed by atoms with Gasteiger partial charge in [-0.05, 0) is 95.8 Å². The van der Waals surface area contributed by atoms with Crippen LogP contribution in [0.25, 0.3) is 16.8 Å². The summed E-state index contributed by atoms with van der Waals surface area (Å²) in [5.41, 5.74) is 0.587. The molecule has 3 heterocycles. The van der Waals surface area contributed by atoms with Crippen LogP contribution in [0.3, 0.4) is 0 Å². The second-order valence-corrected chi connectivity index (χ2v) is 11.9. The summed E-state index contributed by atoms with van der Waals surface area (Å²) in [6, 6.07) is 10.1. The topological polar surface area (TPSA) is 128 Å². The molecule has 4 rings (SSSR count). The van der Waals surface area contributed by atoms with Gasteiger partial charge in [-0.25, -0.2) is 18.6 Å². The monoisotopic (exact) mass is 619 g/mol. The van der Waals surface area contributed by atoms with E-state index < -0.39 is 40.8 Å². The first-order valence-corrected chi connectivity index (χ1v) is 14.3. The summed E-state index contributed by atoms with van der Waals surface area (Å²) >= 11 is 0. The maximum atomic E-state index is 14.2. The summed E-state index contributed by atoms with van der Waals surface area (Å²) in [4.78, 5) is 30.1. The van der Waals surface area contributed by atoms with E-state index in [2.05, 4.69) is 27.4 Å². The number of hydrogen-bond acceptors (Lipinski definition) is 8. The predicted octanol–water partition coefficient (Wildman–Crippen LogP) is 5.82. The molecule has 1 amide bonds. The first kappa shape index (κ1) is 33.0. The van der Waals surface area contributed by atoms with Gasteiger partial charge in [0, 0.05) is 29.3 Å². The van der Waals surface area contributed by atoms with E-state index in [4.69, 9.17) is 14.5 Å². The Morgan fingerprint density at radius 3 is 2.40 bits per heavy atom. The number of rotatable bonds is 8. The molecule has 0 spiro atoms. The number of fused-ring (bicyclic) bond motifs is 1. The summed E-state index contributed by atoms with van der Waals surface area (Å²) in [5, 5.41) is 20.8. The lowest BCUT2D eigenvalue weighted by Crippen LogP contribution is -2.25. The number of aromatic nitrogens is 4. The second-order valence-electron chi connectivity index (χ2n) is 11.9. The Labute approximate surface area is 259 Å². The van der Waals surface area contributed by atoms with Crippen LogP contribution >= 0.6 is 0 Å². The van der Waals surface area contributed by atoms with Crippen LogP contribution < -0.4 is 5.32 Å². The van der Waals surface area contributed by atoms with Crippen LogP contribution in [0.2, 0.25) is 0 Å². The molecular formula is C33H35F2N5O5. The lowest BCUT2D eigenvalue weighted by Gasteiger charge is -2.24. The SMILES string of the molecule is CCOC(=O)Nc1nnc2ccc(-c3ccc(C#CC(C)(C)O)nc3[C@@H](CC(=O)OC(C)(C)C)Cc3cc(F)cc(F)c3)cn12. The summed E-state index contributed by atoms with van der Waals surface area (Å²) in [5.74, 6) is 2.98. The number of carbonyl (C=O) groups excluding carboxylic acids is 2. The number of hydrogen-bond donors (Lipinski definition) is 2. The van der Waals surface area contributed by atoms with Crippen molar-refractivity contribution in [1.82, 2.24) is 19.6 Å². The molecule has 10 nitrogen and oxygen atoms in total. The van der Waals surface area contributed by atoms with Crippen LogP contribution in [0.5, 0.6) is 0 Å². The highest BCUT2D eigenvalue weighted by molar-refractivity contribution is 5.83. The molecule has 0 radical (unpaired) electrons. The van der Waals surface area contributed by atoms with Crippen molar-refractivity contribution < 1.29 is 33.0 Å². The van der Waals surface area contributed by atoms with Crippen molar-refractivity contribution in [2.75, 3.05) is 11.9 Å². The van der Waals surface area contributed by atoms with Gasteiger partial charge in [0.15, 0.2) is 5.65 Å². The summed E-state index contributed by atoms with van der Waals surface area (Å²) in [7, 11) is 0. The second kappa shape index (κ2) is 13.4. The molecule has 0 aliphatic carbocycles. The van der Waals surface area contributed by atoms with Gasteiger partial charge in [-0.15, -0.1) is 10.2 Å². The van der Waals surface area contributed by atoms with Crippen LogP contribution in [0.15, 0.2) is 48.7 Å². The van der Waals surface area contributed by atoms with E-state index in [1.807, 2.05) is 0 Å². The van der Waals surface area contributed by atoms with Crippen LogP contribution in [0.4, 0.5) is 19.5 Å². The number of nitrogens with one attached hydrogen (secondary N) is 1. The zero-order valence-electron chi connectivity index (χ0n) is 25.9. The fourth-order valence-electron chi connectivity index (χ4n) is 4.57. The molecule has 45 heavy (non-hydrogen) atoms. The van der Waals surface area contributed by atoms with Crippen molar-refractivity contribution in [2.24, 2.45) is 0 Å². The minimum atomic E-state index is -1.29. The number of aliphatic hydroxyl groups is 1. The average molecular weight is 620 g/mol.